The molecular formula is C15H18FN3OS. The lowest BCUT2D eigenvalue weighted by atomic mass is 10.2. The minimum atomic E-state index is -0.418. The number of anilines is 2. The Labute approximate surface area is 127 Å². The predicted octanol–water partition coefficient (Wildman–Crippen LogP) is 2.93. The summed E-state index contributed by atoms with van der Waals surface area (Å²) in [6.07, 6.45) is 0. The van der Waals surface area contributed by atoms with Crippen LogP contribution in [-0.4, -0.2) is 23.9 Å². The molecule has 6 heteroatoms. The van der Waals surface area contributed by atoms with E-state index >= 15 is 0 Å². The number of hydrogen-bond donors (Lipinski definition) is 2. The number of halogens is 1. The topological polar surface area (TPSA) is 58.4 Å². The van der Waals surface area contributed by atoms with Gasteiger partial charge in [-0.05, 0) is 36.2 Å². The van der Waals surface area contributed by atoms with Crippen molar-refractivity contribution in [3.63, 3.8) is 0 Å². The van der Waals surface area contributed by atoms with Gasteiger partial charge in [0.25, 0.3) is 0 Å². The fourth-order valence-electron chi connectivity index (χ4n) is 1.94. The predicted molar refractivity (Wildman–Crippen MR) is 84.7 cm³/mol. The number of amides is 1. The molecule has 0 aliphatic heterocycles. The molecule has 0 saturated carbocycles. The van der Waals surface area contributed by atoms with Gasteiger partial charge in [0.1, 0.15) is 5.82 Å². The van der Waals surface area contributed by atoms with Crippen molar-refractivity contribution < 1.29 is 9.18 Å². The zero-order valence-electron chi connectivity index (χ0n) is 11.8. The Balaban J connectivity index is 1.93. The molecule has 112 valence electrons. The Morgan fingerprint density at radius 3 is 2.86 bits per heavy atom. The highest BCUT2D eigenvalue weighted by Crippen LogP contribution is 2.19. The average Bonchev–Trinajstić information content (AvgIpc) is 2.94. The highest BCUT2D eigenvalue weighted by molar-refractivity contribution is 7.09. The van der Waals surface area contributed by atoms with E-state index in [2.05, 4.69) is 5.32 Å². The van der Waals surface area contributed by atoms with Crippen LogP contribution in [0.25, 0.3) is 0 Å². The first kappa shape index (κ1) is 15.5. The molecule has 0 unspecified atom stereocenters. The standard InChI is InChI=1S/C15H18FN3OS/c1-2-19(9-12-4-3-7-21-12)10-15(20)18-14-6-5-11(16)8-13(14)17/h3-8H,2,9-10,17H2,1H3,(H,18,20). The van der Waals surface area contributed by atoms with Crippen LogP contribution in [0.1, 0.15) is 11.8 Å². The smallest absolute Gasteiger partial charge is 0.238 e. The van der Waals surface area contributed by atoms with Crippen LogP contribution in [0, 0.1) is 5.82 Å². The van der Waals surface area contributed by atoms with Crippen LogP contribution >= 0.6 is 11.3 Å². The molecule has 0 bridgehead atoms. The maximum absolute atomic E-state index is 13.0. The van der Waals surface area contributed by atoms with Gasteiger partial charge in [-0.15, -0.1) is 11.3 Å². The lowest BCUT2D eigenvalue weighted by Crippen LogP contribution is -2.32. The molecule has 3 N–H and O–H groups in total. The number of nitrogens with one attached hydrogen (secondary N) is 1. The largest absolute Gasteiger partial charge is 0.397 e. The Bertz CT molecular complexity index is 601. The van der Waals surface area contributed by atoms with Crippen LogP contribution < -0.4 is 11.1 Å². The number of thiophene rings is 1. The number of carbonyl (C=O) groups is 1. The van der Waals surface area contributed by atoms with E-state index < -0.39 is 5.82 Å². The van der Waals surface area contributed by atoms with Crippen LogP contribution in [0.5, 0.6) is 0 Å². The van der Waals surface area contributed by atoms with Crippen LogP contribution in [-0.2, 0) is 11.3 Å². The van der Waals surface area contributed by atoms with Crippen molar-refractivity contribution in [1.82, 2.24) is 4.90 Å². The van der Waals surface area contributed by atoms with Gasteiger partial charge < -0.3 is 11.1 Å². The normalized spacial score (nSPS) is 10.8. The zero-order valence-corrected chi connectivity index (χ0v) is 12.6. The number of benzene rings is 1. The lowest BCUT2D eigenvalue weighted by Gasteiger charge is -2.19. The van der Waals surface area contributed by atoms with E-state index in [-0.39, 0.29) is 18.1 Å². The molecule has 4 nitrogen and oxygen atoms in total. The van der Waals surface area contributed by atoms with E-state index in [0.717, 1.165) is 13.1 Å². The van der Waals surface area contributed by atoms with E-state index in [1.54, 1.807) is 11.3 Å². The second kappa shape index (κ2) is 7.19. The van der Waals surface area contributed by atoms with Crippen molar-refractivity contribution in [2.75, 3.05) is 24.1 Å². The first-order valence-electron chi connectivity index (χ1n) is 6.68. The molecule has 0 aliphatic carbocycles. The molecule has 0 atom stereocenters. The SMILES string of the molecule is CCN(CC(=O)Nc1ccc(F)cc1N)Cc1cccs1. The van der Waals surface area contributed by atoms with E-state index in [1.165, 1.54) is 23.1 Å². The average molecular weight is 307 g/mol. The summed E-state index contributed by atoms with van der Waals surface area (Å²) in [6, 6.07) is 7.97. The molecule has 0 fully saturated rings. The summed E-state index contributed by atoms with van der Waals surface area (Å²) in [5, 5.41) is 4.73. The molecule has 21 heavy (non-hydrogen) atoms. The van der Waals surface area contributed by atoms with E-state index in [0.29, 0.717) is 5.69 Å². The van der Waals surface area contributed by atoms with Crippen LogP contribution in [0.15, 0.2) is 35.7 Å². The molecule has 0 spiro atoms. The summed E-state index contributed by atoms with van der Waals surface area (Å²) in [5.41, 5.74) is 6.34. The van der Waals surface area contributed by atoms with Gasteiger partial charge in [0.05, 0.1) is 17.9 Å². The number of nitrogens with two attached hydrogens (primary N) is 1. The van der Waals surface area contributed by atoms with Gasteiger partial charge >= 0.3 is 0 Å². The number of likely N-dealkylation sites (N-methyl/N-ethyl adjacent to an activating group) is 1. The molecule has 1 amide bonds. The van der Waals surface area contributed by atoms with Crippen LogP contribution in [0.4, 0.5) is 15.8 Å². The molecule has 1 aromatic carbocycles. The van der Waals surface area contributed by atoms with Gasteiger partial charge in [0, 0.05) is 11.4 Å². The van der Waals surface area contributed by atoms with Gasteiger partial charge in [-0.3, -0.25) is 9.69 Å². The maximum Gasteiger partial charge on any atom is 0.238 e. The van der Waals surface area contributed by atoms with E-state index in [1.807, 2.05) is 29.3 Å². The van der Waals surface area contributed by atoms with Crippen molar-refractivity contribution in [3.05, 3.63) is 46.4 Å². The Hall–Kier alpha value is -1.92. The van der Waals surface area contributed by atoms with Crippen molar-refractivity contribution in [2.45, 2.75) is 13.5 Å². The first-order valence-corrected chi connectivity index (χ1v) is 7.56. The molecule has 2 rings (SSSR count). The minimum Gasteiger partial charge on any atom is -0.397 e. The summed E-state index contributed by atoms with van der Waals surface area (Å²) in [6.45, 7) is 3.78. The van der Waals surface area contributed by atoms with Crippen molar-refractivity contribution >= 4 is 28.6 Å². The fraction of sp³-hybridized carbons (Fsp3) is 0.267. The summed E-state index contributed by atoms with van der Waals surface area (Å²) in [4.78, 5) is 15.3. The number of nitrogen functional groups attached to an aromatic ring is 1. The maximum atomic E-state index is 13.0. The van der Waals surface area contributed by atoms with Crippen molar-refractivity contribution in [1.29, 1.82) is 0 Å². The zero-order chi connectivity index (χ0) is 15.2. The van der Waals surface area contributed by atoms with Gasteiger partial charge in [0.15, 0.2) is 0 Å². The van der Waals surface area contributed by atoms with Gasteiger partial charge in [-0.25, -0.2) is 4.39 Å². The van der Waals surface area contributed by atoms with Gasteiger partial charge in [-0.2, -0.15) is 0 Å². The summed E-state index contributed by atoms with van der Waals surface area (Å²) in [5.74, 6) is -0.579. The molecule has 1 aromatic heterocycles. The molecule has 0 aliphatic rings. The lowest BCUT2D eigenvalue weighted by molar-refractivity contribution is -0.117. The molecule has 1 heterocycles. The number of rotatable bonds is 6. The third kappa shape index (κ3) is 4.54. The van der Waals surface area contributed by atoms with Crippen LogP contribution in [0.3, 0.4) is 0 Å². The van der Waals surface area contributed by atoms with E-state index in [9.17, 15) is 9.18 Å². The molecule has 0 radical (unpaired) electrons. The van der Waals surface area contributed by atoms with Gasteiger partial charge in [0.2, 0.25) is 5.91 Å². The number of carbonyl (C=O) groups excluding carboxylic acids is 1. The first-order chi connectivity index (χ1) is 10.1. The third-order valence-corrected chi connectivity index (χ3v) is 3.92. The summed E-state index contributed by atoms with van der Waals surface area (Å²) < 4.78 is 13.0. The summed E-state index contributed by atoms with van der Waals surface area (Å²) >= 11 is 1.67. The number of nitrogens with zero attached hydrogens (tertiary/aromatic N) is 1. The quantitative estimate of drug-likeness (QED) is 0.807. The molecule has 0 saturated heterocycles. The van der Waals surface area contributed by atoms with Crippen molar-refractivity contribution in [3.8, 4) is 0 Å². The van der Waals surface area contributed by atoms with Crippen LogP contribution in [0.2, 0.25) is 0 Å². The summed E-state index contributed by atoms with van der Waals surface area (Å²) in [7, 11) is 0. The van der Waals surface area contributed by atoms with E-state index in [4.69, 9.17) is 5.73 Å². The second-order valence-corrected chi connectivity index (χ2v) is 5.69. The Morgan fingerprint density at radius 1 is 1.43 bits per heavy atom. The second-order valence-electron chi connectivity index (χ2n) is 4.66. The monoisotopic (exact) mass is 307 g/mol. The number of hydrogen-bond acceptors (Lipinski definition) is 4. The Morgan fingerprint density at radius 2 is 2.24 bits per heavy atom. The highest BCUT2D eigenvalue weighted by Gasteiger charge is 2.11. The minimum absolute atomic E-state index is 0.160. The molecule has 2 aromatic rings. The Kier molecular flexibility index (Phi) is 5.30. The van der Waals surface area contributed by atoms with Crippen molar-refractivity contribution in [2.24, 2.45) is 0 Å². The fourth-order valence-corrected chi connectivity index (χ4v) is 2.69. The van der Waals surface area contributed by atoms with Gasteiger partial charge in [-0.1, -0.05) is 13.0 Å². The third-order valence-electron chi connectivity index (χ3n) is 3.06. The molecular weight excluding hydrogens is 289 g/mol. The highest BCUT2D eigenvalue weighted by atomic mass is 32.1.